The van der Waals surface area contributed by atoms with Gasteiger partial charge in [0.15, 0.2) is 6.29 Å². The van der Waals surface area contributed by atoms with Gasteiger partial charge in [0.2, 0.25) is 0 Å². The molecule has 0 amide bonds. The lowest BCUT2D eigenvalue weighted by molar-refractivity contribution is 0.111. The molecule has 1 aromatic rings. The maximum absolute atomic E-state index is 10.9. The van der Waals surface area contributed by atoms with E-state index in [4.69, 9.17) is 9.47 Å². The lowest BCUT2D eigenvalue weighted by atomic mass is 10.2. The molecule has 92 valence electrons. The van der Waals surface area contributed by atoms with Crippen LogP contribution in [0.3, 0.4) is 0 Å². The summed E-state index contributed by atoms with van der Waals surface area (Å²) in [7, 11) is 0. The highest BCUT2D eigenvalue weighted by Gasteiger charge is 2.22. The summed E-state index contributed by atoms with van der Waals surface area (Å²) in [5, 5.41) is 0. The number of ether oxygens (including phenoxy) is 2. The molecule has 0 saturated heterocycles. The summed E-state index contributed by atoms with van der Waals surface area (Å²) in [6, 6.07) is 5.37. The Kier molecular flexibility index (Phi) is 4.02. The third-order valence-electron chi connectivity index (χ3n) is 2.76. The molecule has 0 bridgehead atoms. The first-order valence-electron chi connectivity index (χ1n) is 6.18. The van der Waals surface area contributed by atoms with Gasteiger partial charge in [0.1, 0.15) is 11.5 Å². The fourth-order valence-electron chi connectivity index (χ4n) is 1.54. The second-order valence-electron chi connectivity index (χ2n) is 4.42. The second-order valence-corrected chi connectivity index (χ2v) is 4.42. The minimum absolute atomic E-state index is 0.592. The van der Waals surface area contributed by atoms with Gasteiger partial charge in [-0.2, -0.15) is 0 Å². The number of hydrogen-bond donors (Lipinski definition) is 0. The van der Waals surface area contributed by atoms with Gasteiger partial charge in [0.05, 0.1) is 18.8 Å². The van der Waals surface area contributed by atoms with Gasteiger partial charge in [-0.15, -0.1) is 0 Å². The first-order valence-corrected chi connectivity index (χ1v) is 6.18. The molecule has 3 heteroatoms. The molecule has 0 N–H and O–H groups in total. The lowest BCUT2D eigenvalue weighted by Crippen LogP contribution is -2.02. The third-order valence-corrected chi connectivity index (χ3v) is 2.76. The molecule has 17 heavy (non-hydrogen) atoms. The maximum atomic E-state index is 10.9. The number of carbonyl (C=O) groups excluding carboxylic acids is 1. The molecule has 2 rings (SSSR count). The minimum atomic E-state index is 0.592. The van der Waals surface area contributed by atoms with E-state index in [1.807, 2.05) is 12.1 Å². The van der Waals surface area contributed by atoms with Crippen molar-refractivity contribution in [1.29, 1.82) is 0 Å². The molecule has 0 spiro atoms. The Morgan fingerprint density at radius 1 is 1.35 bits per heavy atom. The molecule has 0 aromatic heterocycles. The highest BCUT2D eigenvalue weighted by atomic mass is 16.5. The zero-order valence-corrected chi connectivity index (χ0v) is 10.1. The second kappa shape index (κ2) is 5.71. The molecule has 1 aromatic carbocycles. The summed E-state index contributed by atoms with van der Waals surface area (Å²) in [6.07, 6.45) is 4.27. The summed E-state index contributed by atoms with van der Waals surface area (Å²) >= 11 is 0. The largest absolute Gasteiger partial charge is 0.493 e. The van der Waals surface area contributed by atoms with Crippen molar-refractivity contribution in [2.75, 3.05) is 13.2 Å². The van der Waals surface area contributed by atoms with Crippen LogP contribution in [0.5, 0.6) is 11.5 Å². The van der Waals surface area contributed by atoms with Crippen molar-refractivity contribution in [2.45, 2.75) is 26.2 Å². The third kappa shape index (κ3) is 3.48. The smallest absolute Gasteiger partial charge is 0.153 e. The van der Waals surface area contributed by atoms with Crippen LogP contribution in [0.25, 0.3) is 0 Å². The van der Waals surface area contributed by atoms with Crippen molar-refractivity contribution in [3.8, 4) is 11.5 Å². The van der Waals surface area contributed by atoms with E-state index in [-0.39, 0.29) is 0 Å². The van der Waals surface area contributed by atoms with Crippen molar-refractivity contribution in [3.05, 3.63) is 23.8 Å². The van der Waals surface area contributed by atoms with Crippen LogP contribution in [0.2, 0.25) is 0 Å². The van der Waals surface area contributed by atoms with Crippen molar-refractivity contribution in [2.24, 2.45) is 5.92 Å². The first kappa shape index (κ1) is 12.0. The summed E-state index contributed by atoms with van der Waals surface area (Å²) in [6.45, 7) is 3.45. The molecule has 3 nitrogen and oxygen atoms in total. The van der Waals surface area contributed by atoms with Gasteiger partial charge in [-0.3, -0.25) is 4.79 Å². The topological polar surface area (TPSA) is 35.5 Å². The Bertz CT molecular complexity index is 383. The fourth-order valence-corrected chi connectivity index (χ4v) is 1.54. The van der Waals surface area contributed by atoms with Gasteiger partial charge in [0, 0.05) is 6.07 Å². The lowest BCUT2D eigenvalue weighted by Gasteiger charge is -2.10. The normalized spacial score (nSPS) is 14.4. The molecule has 1 aliphatic carbocycles. The standard InChI is InChI=1S/C14H18O3/c1-2-7-16-13-6-5-12(9-15)14(8-13)17-10-11-3-4-11/h5-6,8-9,11H,2-4,7,10H2,1H3. The Morgan fingerprint density at radius 3 is 2.82 bits per heavy atom. The Balaban J connectivity index is 2.04. The van der Waals surface area contributed by atoms with E-state index < -0.39 is 0 Å². The van der Waals surface area contributed by atoms with Crippen LogP contribution >= 0.6 is 0 Å². The molecule has 0 unspecified atom stereocenters. The monoisotopic (exact) mass is 234 g/mol. The van der Waals surface area contributed by atoms with Crippen LogP contribution in [0, 0.1) is 5.92 Å². The average Bonchev–Trinajstić information content (AvgIpc) is 3.18. The van der Waals surface area contributed by atoms with E-state index in [1.165, 1.54) is 12.8 Å². The number of benzene rings is 1. The Labute approximate surface area is 102 Å². The molecule has 0 heterocycles. The predicted octanol–water partition coefficient (Wildman–Crippen LogP) is 3.08. The highest BCUT2D eigenvalue weighted by Crippen LogP contribution is 2.31. The summed E-state index contributed by atoms with van der Waals surface area (Å²) in [4.78, 5) is 10.9. The van der Waals surface area contributed by atoms with Crippen molar-refractivity contribution < 1.29 is 14.3 Å². The van der Waals surface area contributed by atoms with Crippen LogP contribution < -0.4 is 9.47 Å². The van der Waals surface area contributed by atoms with Gasteiger partial charge >= 0.3 is 0 Å². The van der Waals surface area contributed by atoms with E-state index in [0.29, 0.717) is 30.4 Å². The SMILES string of the molecule is CCCOc1ccc(C=O)c(OCC2CC2)c1. The molecular weight excluding hydrogens is 216 g/mol. The summed E-state index contributed by atoms with van der Waals surface area (Å²) < 4.78 is 11.2. The average molecular weight is 234 g/mol. The van der Waals surface area contributed by atoms with E-state index in [1.54, 1.807) is 6.07 Å². The van der Waals surface area contributed by atoms with E-state index in [9.17, 15) is 4.79 Å². The maximum Gasteiger partial charge on any atom is 0.153 e. The molecule has 0 radical (unpaired) electrons. The van der Waals surface area contributed by atoms with Crippen LogP contribution in [0.15, 0.2) is 18.2 Å². The van der Waals surface area contributed by atoms with Crippen molar-refractivity contribution in [3.63, 3.8) is 0 Å². The zero-order chi connectivity index (χ0) is 12.1. The zero-order valence-electron chi connectivity index (χ0n) is 10.1. The van der Waals surface area contributed by atoms with Crippen molar-refractivity contribution >= 4 is 6.29 Å². The van der Waals surface area contributed by atoms with E-state index in [0.717, 1.165) is 18.5 Å². The van der Waals surface area contributed by atoms with E-state index >= 15 is 0 Å². The van der Waals surface area contributed by atoms with Gasteiger partial charge in [-0.1, -0.05) is 6.92 Å². The van der Waals surface area contributed by atoms with Gasteiger partial charge < -0.3 is 9.47 Å². The summed E-state index contributed by atoms with van der Waals surface area (Å²) in [5.74, 6) is 2.08. The van der Waals surface area contributed by atoms with Gasteiger partial charge in [0.25, 0.3) is 0 Å². The van der Waals surface area contributed by atoms with Gasteiger partial charge in [-0.05, 0) is 37.3 Å². The number of aldehydes is 1. The quantitative estimate of drug-likeness (QED) is 0.680. The molecule has 1 fully saturated rings. The molecular formula is C14H18O3. The fraction of sp³-hybridized carbons (Fsp3) is 0.500. The van der Waals surface area contributed by atoms with Crippen LogP contribution in [0.1, 0.15) is 36.5 Å². The molecule has 1 aliphatic rings. The minimum Gasteiger partial charge on any atom is -0.493 e. The molecule has 0 aliphatic heterocycles. The highest BCUT2D eigenvalue weighted by molar-refractivity contribution is 5.79. The predicted molar refractivity (Wildman–Crippen MR) is 65.8 cm³/mol. The Morgan fingerprint density at radius 2 is 2.18 bits per heavy atom. The number of carbonyl (C=O) groups is 1. The van der Waals surface area contributed by atoms with Crippen LogP contribution in [0.4, 0.5) is 0 Å². The van der Waals surface area contributed by atoms with E-state index in [2.05, 4.69) is 6.92 Å². The van der Waals surface area contributed by atoms with Crippen LogP contribution in [-0.4, -0.2) is 19.5 Å². The van der Waals surface area contributed by atoms with Crippen LogP contribution in [-0.2, 0) is 0 Å². The molecule has 0 atom stereocenters. The summed E-state index contributed by atoms with van der Waals surface area (Å²) in [5.41, 5.74) is 0.592. The Hall–Kier alpha value is -1.51. The number of rotatable bonds is 7. The first-order chi connectivity index (χ1) is 8.33. The van der Waals surface area contributed by atoms with Gasteiger partial charge in [-0.25, -0.2) is 0 Å². The number of hydrogen-bond acceptors (Lipinski definition) is 3. The van der Waals surface area contributed by atoms with Crippen molar-refractivity contribution in [1.82, 2.24) is 0 Å². The molecule has 1 saturated carbocycles.